The molecule has 0 spiro atoms. The third-order valence-corrected chi connectivity index (χ3v) is 3.28. The Balaban J connectivity index is 2.09. The Labute approximate surface area is 125 Å². The number of benzene rings is 1. The van der Waals surface area contributed by atoms with E-state index in [1.807, 2.05) is 19.1 Å². The molecule has 3 N–H and O–H groups in total. The number of ether oxygens (including phenoxy) is 1. The minimum Gasteiger partial charge on any atom is -0.486 e. The summed E-state index contributed by atoms with van der Waals surface area (Å²) in [5, 5.41) is 0. The second-order valence-electron chi connectivity index (χ2n) is 5.42. The molecule has 0 saturated heterocycles. The average molecular weight is 286 g/mol. The van der Waals surface area contributed by atoms with Crippen molar-refractivity contribution >= 4 is 5.82 Å². The molecule has 1 aromatic carbocycles. The number of rotatable bonds is 5. The molecule has 2 aromatic rings. The van der Waals surface area contributed by atoms with Gasteiger partial charge in [0, 0.05) is 11.8 Å². The maximum atomic E-state index is 5.77. The van der Waals surface area contributed by atoms with Crippen LogP contribution < -0.4 is 16.0 Å². The van der Waals surface area contributed by atoms with Crippen LogP contribution >= 0.6 is 0 Å². The predicted molar refractivity (Wildman–Crippen MR) is 84.2 cm³/mol. The number of aryl methyl sites for hydroxylation is 2. The van der Waals surface area contributed by atoms with Crippen molar-refractivity contribution in [2.45, 2.75) is 40.2 Å². The second-order valence-corrected chi connectivity index (χ2v) is 5.42. The number of hydrogen-bond donors (Lipinski definition) is 2. The SMILES string of the molecule is Cc1cc(NN)nc(COc2ccc(C(C)C)c(C)c2)n1. The highest BCUT2D eigenvalue weighted by atomic mass is 16.5. The van der Waals surface area contributed by atoms with Gasteiger partial charge in [-0.15, -0.1) is 0 Å². The van der Waals surface area contributed by atoms with E-state index in [1.54, 1.807) is 6.07 Å². The van der Waals surface area contributed by atoms with Crippen LogP contribution in [0.5, 0.6) is 5.75 Å². The minimum atomic E-state index is 0.316. The molecular weight excluding hydrogens is 264 g/mol. The van der Waals surface area contributed by atoms with Crippen molar-refractivity contribution in [2.24, 2.45) is 5.84 Å². The van der Waals surface area contributed by atoms with Crippen molar-refractivity contribution in [2.75, 3.05) is 5.43 Å². The number of nitrogens with one attached hydrogen (secondary N) is 1. The summed E-state index contributed by atoms with van der Waals surface area (Å²) >= 11 is 0. The summed E-state index contributed by atoms with van der Waals surface area (Å²) in [7, 11) is 0. The molecule has 21 heavy (non-hydrogen) atoms. The van der Waals surface area contributed by atoms with Crippen LogP contribution in [0.15, 0.2) is 24.3 Å². The number of hydrazine groups is 1. The summed E-state index contributed by atoms with van der Waals surface area (Å²) in [6.45, 7) is 8.68. The summed E-state index contributed by atoms with van der Waals surface area (Å²) in [6, 6.07) is 7.93. The first-order valence-corrected chi connectivity index (χ1v) is 7.04. The molecule has 0 fully saturated rings. The molecule has 1 aromatic heterocycles. The van der Waals surface area contributed by atoms with E-state index in [0.717, 1.165) is 11.4 Å². The van der Waals surface area contributed by atoms with Gasteiger partial charge in [0.15, 0.2) is 5.82 Å². The lowest BCUT2D eigenvalue weighted by Gasteiger charge is -2.12. The molecule has 1 heterocycles. The van der Waals surface area contributed by atoms with Gasteiger partial charge in [-0.1, -0.05) is 19.9 Å². The zero-order chi connectivity index (χ0) is 15.4. The van der Waals surface area contributed by atoms with Crippen molar-refractivity contribution < 1.29 is 4.74 Å². The van der Waals surface area contributed by atoms with Gasteiger partial charge in [-0.3, -0.25) is 0 Å². The van der Waals surface area contributed by atoms with Gasteiger partial charge < -0.3 is 10.2 Å². The van der Waals surface area contributed by atoms with E-state index in [-0.39, 0.29) is 0 Å². The summed E-state index contributed by atoms with van der Waals surface area (Å²) in [4.78, 5) is 8.60. The molecule has 112 valence electrons. The minimum absolute atomic E-state index is 0.316. The van der Waals surface area contributed by atoms with E-state index in [9.17, 15) is 0 Å². The van der Waals surface area contributed by atoms with Crippen LogP contribution in [0, 0.1) is 13.8 Å². The third-order valence-electron chi connectivity index (χ3n) is 3.28. The number of nitrogens with two attached hydrogens (primary N) is 1. The molecule has 0 aliphatic carbocycles. The van der Waals surface area contributed by atoms with Gasteiger partial charge in [0.25, 0.3) is 0 Å². The number of hydrogen-bond acceptors (Lipinski definition) is 5. The van der Waals surface area contributed by atoms with Gasteiger partial charge in [0.2, 0.25) is 0 Å². The molecule has 0 bridgehead atoms. The highest BCUT2D eigenvalue weighted by Gasteiger charge is 2.06. The van der Waals surface area contributed by atoms with Crippen molar-refractivity contribution in [1.29, 1.82) is 0 Å². The first-order chi connectivity index (χ1) is 9.99. The zero-order valence-corrected chi connectivity index (χ0v) is 13.0. The molecule has 0 aliphatic heterocycles. The second kappa shape index (κ2) is 6.54. The molecular formula is C16H22N4O. The van der Waals surface area contributed by atoms with E-state index in [1.165, 1.54) is 11.1 Å². The fourth-order valence-corrected chi connectivity index (χ4v) is 2.30. The van der Waals surface area contributed by atoms with Gasteiger partial charge in [-0.25, -0.2) is 15.8 Å². The Hall–Kier alpha value is -2.14. The third kappa shape index (κ3) is 3.92. The fourth-order valence-electron chi connectivity index (χ4n) is 2.30. The first-order valence-electron chi connectivity index (χ1n) is 7.04. The molecule has 0 atom stereocenters. The van der Waals surface area contributed by atoms with Crippen molar-refractivity contribution in [1.82, 2.24) is 9.97 Å². The van der Waals surface area contributed by atoms with Crippen LogP contribution in [0.25, 0.3) is 0 Å². The monoisotopic (exact) mass is 286 g/mol. The van der Waals surface area contributed by atoms with E-state index in [0.29, 0.717) is 24.2 Å². The quantitative estimate of drug-likeness (QED) is 0.652. The largest absolute Gasteiger partial charge is 0.486 e. The standard InChI is InChI=1S/C16H22N4O/c1-10(2)14-6-5-13(7-11(14)3)21-9-16-18-12(4)8-15(19-16)20-17/h5-8,10H,9,17H2,1-4H3,(H,18,19,20). The van der Waals surface area contributed by atoms with E-state index in [4.69, 9.17) is 10.6 Å². The van der Waals surface area contributed by atoms with Gasteiger partial charge in [-0.2, -0.15) is 0 Å². The Morgan fingerprint density at radius 1 is 1.19 bits per heavy atom. The van der Waals surface area contributed by atoms with Crippen LogP contribution in [-0.2, 0) is 6.61 Å². The molecule has 5 heteroatoms. The molecule has 0 amide bonds. The molecule has 5 nitrogen and oxygen atoms in total. The maximum Gasteiger partial charge on any atom is 0.168 e. The van der Waals surface area contributed by atoms with E-state index < -0.39 is 0 Å². The topological polar surface area (TPSA) is 73.1 Å². The van der Waals surface area contributed by atoms with Crippen molar-refractivity contribution in [3.05, 3.63) is 46.9 Å². The Bertz CT molecular complexity index is 626. The van der Waals surface area contributed by atoms with Crippen LogP contribution in [0.2, 0.25) is 0 Å². The lowest BCUT2D eigenvalue weighted by atomic mass is 9.98. The van der Waals surface area contributed by atoms with Crippen LogP contribution in [-0.4, -0.2) is 9.97 Å². The Morgan fingerprint density at radius 2 is 1.95 bits per heavy atom. The van der Waals surface area contributed by atoms with Gasteiger partial charge in [0.05, 0.1) is 0 Å². The van der Waals surface area contributed by atoms with E-state index in [2.05, 4.69) is 42.2 Å². The molecule has 2 rings (SSSR count). The summed E-state index contributed by atoms with van der Waals surface area (Å²) in [5.74, 6) is 7.91. The smallest absolute Gasteiger partial charge is 0.168 e. The molecule has 0 aliphatic rings. The van der Waals surface area contributed by atoms with Gasteiger partial charge in [-0.05, 0) is 43.0 Å². The lowest BCUT2D eigenvalue weighted by Crippen LogP contribution is -2.12. The fraction of sp³-hybridized carbons (Fsp3) is 0.375. The zero-order valence-electron chi connectivity index (χ0n) is 13.0. The predicted octanol–water partition coefficient (Wildman–Crippen LogP) is 3.08. The van der Waals surface area contributed by atoms with Gasteiger partial charge >= 0.3 is 0 Å². The van der Waals surface area contributed by atoms with E-state index >= 15 is 0 Å². The first kappa shape index (κ1) is 15.3. The summed E-state index contributed by atoms with van der Waals surface area (Å²) in [6.07, 6.45) is 0. The molecule has 0 saturated carbocycles. The summed E-state index contributed by atoms with van der Waals surface area (Å²) < 4.78 is 5.77. The Morgan fingerprint density at radius 3 is 2.57 bits per heavy atom. The van der Waals surface area contributed by atoms with Crippen LogP contribution in [0.3, 0.4) is 0 Å². The number of nitrogens with zero attached hydrogens (tertiary/aromatic N) is 2. The van der Waals surface area contributed by atoms with Crippen LogP contribution in [0.4, 0.5) is 5.82 Å². The van der Waals surface area contributed by atoms with Gasteiger partial charge in [0.1, 0.15) is 18.2 Å². The normalized spacial score (nSPS) is 10.8. The Kier molecular flexibility index (Phi) is 4.75. The number of nitrogen functional groups attached to an aromatic ring is 1. The molecule has 0 unspecified atom stereocenters. The van der Waals surface area contributed by atoms with Crippen molar-refractivity contribution in [3.8, 4) is 5.75 Å². The average Bonchev–Trinajstić information content (AvgIpc) is 2.44. The highest BCUT2D eigenvalue weighted by molar-refractivity contribution is 5.37. The lowest BCUT2D eigenvalue weighted by molar-refractivity contribution is 0.295. The molecule has 0 radical (unpaired) electrons. The highest BCUT2D eigenvalue weighted by Crippen LogP contribution is 2.23. The summed E-state index contributed by atoms with van der Waals surface area (Å²) in [5.41, 5.74) is 5.95. The number of anilines is 1. The maximum absolute atomic E-state index is 5.77. The van der Waals surface area contributed by atoms with Crippen molar-refractivity contribution in [3.63, 3.8) is 0 Å². The number of aromatic nitrogens is 2. The van der Waals surface area contributed by atoms with Crippen LogP contribution in [0.1, 0.15) is 42.4 Å².